The summed E-state index contributed by atoms with van der Waals surface area (Å²) in [5.41, 5.74) is 1.05. The first-order valence-corrected chi connectivity index (χ1v) is 8.07. The minimum Gasteiger partial charge on any atom is -0.495 e. The number of methoxy groups -OCH3 is 2. The third-order valence-electron chi connectivity index (χ3n) is 3.99. The van der Waals surface area contributed by atoms with Crippen molar-refractivity contribution < 1.29 is 19.1 Å². The van der Waals surface area contributed by atoms with Crippen LogP contribution in [0, 0.1) is 0 Å². The van der Waals surface area contributed by atoms with Crippen LogP contribution in [-0.2, 0) is 14.3 Å². The molecule has 132 valence electrons. The summed E-state index contributed by atoms with van der Waals surface area (Å²) < 4.78 is 10.1. The Hall–Kier alpha value is -2.28. The number of hydrogen-bond donors (Lipinski definition) is 1. The molecular formula is C17H25N3O4. The summed E-state index contributed by atoms with van der Waals surface area (Å²) in [7, 11) is 3.13. The van der Waals surface area contributed by atoms with E-state index in [0.717, 1.165) is 24.5 Å². The summed E-state index contributed by atoms with van der Waals surface area (Å²) in [5.74, 6) is 0.705. The van der Waals surface area contributed by atoms with E-state index in [9.17, 15) is 9.59 Å². The van der Waals surface area contributed by atoms with Gasteiger partial charge < -0.3 is 24.6 Å². The summed E-state index contributed by atoms with van der Waals surface area (Å²) >= 11 is 0. The topological polar surface area (TPSA) is 71.1 Å². The number of benzene rings is 1. The van der Waals surface area contributed by atoms with Gasteiger partial charge in [-0.1, -0.05) is 12.1 Å². The average molecular weight is 335 g/mol. The standard InChI is InChI=1S/C17H25N3O4/c1-23-13-16(21)18-8-7-17(22)20-11-9-19(10-12-20)14-5-3-4-6-15(14)24-2/h3-6H,7-13H2,1-2H3,(H,18,21). The molecule has 1 N–H and O–H groups in total. The van der Waals surface area contributed by atoms with Crippen molar-refractivity contribution >= 4 is 17.5 Å². The van der Waals surface area contributed by atoms with Crippen molar-refractivity contribution in [1.82, 2.24) is 10.2 Å². The predicted molar refractivity (Wildman–Crippen MR) is 91.3 cm³/mol. The Labute approximate surface area is 142 Å². The first-order valence-electron chi connectivity index (χ1n) is 8.07. The Kier molecular flexibility index (Phi) is 6.87. The third kappa shape index (κ3) is 4.86. The Balaban J connectivity index is 1.78. The summed E-state index contributed by atoms with van der Waals surface area (Å²) in [6, 6.07) is 7.90. The average Bonchev–Trinajstić information content (AvgIpc) is 2.62. The Morgan fingerprint density at radius 3 is 2.50 bits per heavy atom. The van der Waals surface area contributed by atoms with Crippen molar-refractivity contribution in [3.8, 4) is 5.75 Å². The molecular weight excluding hydrogens is 310 g/mol. The van der Waals surface area contributed by atoms with Gasteiger partial charge in [-0.25, -0.2) is 0 Å². The van der Waals surface area contributed by atoms with Gasteiger partial charge in [0.1, 0.15) is 12.4 Å². The SMILES string of the molecule is COCC(=O)NCCC(=O)N1CCN(c2ccccc2OC)CC1. The maximum Gasteiger partial charge on any atom is 0.245 e. The van der Waals surface area contributed by atoms with Crippen molar-refractivity contribution in [3.05, 3.63) is 24.3 Å². The number of ether oxygens (including phenoxy) is 2. The number of amides is 2. The van der Waals surface area contributed by atoms with Crippen LogP contribution in [0.4, 0.5) is 5.69 Å². The van der Waals surface area contributed by atoms with Crippen LogP contribution in [0.15, 0.2) is 24.3 Å². The molecule has 0 aromatic heterocycles. The van der Waals surface area contributed by atoms with Gasteiger partial charge in [-0.3, -0.25) is 9.59 Å². The number of carbonyl (C=O) groups is 2. The minimum atomic E-state index is -0.203. The molecule has 0 atom stereocenters. The van der Waals surface area contributed by atoms with Gasteiger partial charge in [0, 0.05) is 46.3 Å². The second-order valence-electron chi connectivity index (χ2n) is 5.57. The molecule has 0 unspecified atom stereocenters. The number of nitrogens with zero attached hydrogens (tertiary/aromatic N) is 2. The first-order chi connectivity index (χ1) is 11.7. The van der Waals surface area contributed by atoms with E-state index < -0.39 is 0 Å². The Bertz CT molecular complexity index is 557. The minimum absolute atomic E-state index is 0.0196. The fourth-order valence-corrected chi connectivity index (χ4v) is 2.74. The van der Waals surface area contributed by atoms with E-state index in [0.29, 0.717) is 26.1 Å². The normalized spacial score (nSPS) is 14.4. The molecule has 0 saturated carbocycles. The fourth-order valence-electron chi connectivity index (χ4n) is 2.74. The van der Waals surface area contributed by atoms with Crippen molar-refractivity contribution in [2.24, 2.45) is 0 Å². The van der Waals surface area contributed by atoms with Crippen LogP contribution in [-0.4, -0.2) is 70.3 Å². The molecule has 0 bridgehead atoms. The predicted octanol–water partition coefficient (Wildman–Crippen LogP) is 0.497. The van der Waals surface area contributed by atoms with E-state index >= 15 is 0 Å². The molecule has 1 aliphatic heterocycles. The molecule has 0 spiro atoms. The van der Waals surface area contributed by atoms with E-state index in [1.165, 1.54) is 7.11 Å². The van der Waals surface area contributed by atoms with Gasteiger partial charge in [0.25, 0.3) is 0 Å². The molecule has 1 aliphatic rings. The highest BCUT2D eigenvalue weighted by Gasteiger charge is 2.22. The van der Waals surface area contributed by atoms with Crippen molar-refractivity contribution in [2.45, 2.75) is 6.42 Å². The highest BCUT2D eigenvalue weighted by Crippen LogP contribution is 2.28. The molecule has 1 fully saturated rings. The van der Waals surface area contributed by atoms with E-state index in [2.05, 4.69) is 10.2 Å². The Morgan fingerprint density at radius 2 is 1.83 bits per heavy atom. The zero-order chi connectivity index (χ0) is 17.4. The van der Waals surface area contributed by atoms with Gasteiger partial charge in [-0.05, 0) is 12.1 Å². The number of hydrogen-bond acceptors (Lipinski definition) is 5. The van der Waals surface area contributed by atoms with Gasteiger partial charge in [0.2, 0.25) is 11.8 Å². The number of anilines is 1. The van der Waals surface area contributed by atoms with Gasteiger partial charge in [-0.2, -0.15) is 0 Å². The number of carbonyl (C=O) groups excluding carboxylic acids is 2. The van der Waals surface area contributed by atoms with Crippen LogP contribution in [0.25, 0.3) is 0 Å². The highest BCUT2D eigenvalue weighted by atomic mass is 16.5. The highest BCUT2D eigenvalue weighted by molar-refractivity contribution is 5.79. The van der Waals surface area contributed by atoms with Crippen LogP contribution in [0.3, 0.4) is 0 Å². The van der Waals surface area contributed by atoms with E-state index in [4.69, 9.17) is 9.47 Å². The maximum atomic E-state index is 12.2. The maximum absolute atomic E-state index is 12.2. The lowest BCUT2D eigenvalue weighted by Crippen LogP contribution is -2.49. The van der Waals surface area contributed by atoms with E-state index in [1.54, 1.807) is 7.11 Å². The molecule has 1 aromatic rings. The van der Waals surface area contributed by atoms with Crippen LogP contribution < -0.4 is 15.0 Å². The molecule has 2 amide bonds. The van der Waals surface area contributed by atoms with Gasteiger partial charge in [0.05, 0.1) is 12.8 Å². The number of para-hydroxylation sites is 2. The second kappa shape index (κ2) is 9.12. The zero-order valence-electron chi connectivity index (χ0n) is 14.3. The number of rotatable bonds is 7. The molecule has 2 rings (SSSR count). The third-order valence-corrected chi connectivity index (χ3v) is 3.99. The molecule has 24 heavy (non-hydrogen) atoms. The van der Waals surface area contributed by atoms with Crippen LogP contribution >= 0.6 is 0 Å². The summed E-state index contributed by atoms with van der Waals surface area (Å²) in [6.07, 6.45) is 0.310. The van der Waals surface area contributed by atoms with Gasteiger partial charge in [-0.15, -0.1) is 0 Å². The van der Waals surface area contributed by atoms with Crippen molar-refractivity contribution in [2.75, 3.05) is 58.5 Å². The van der Waals surface area contributed by atoms with E-state index in [1.807, 2.05) is 29.2 Å². The van der Waals surface area contributed by atoms with E-state index in [-0.39, 0.29) is 18.4 Å². The first kappa shape index (κ1) is 18.1. The molecule has 1 aromatic carbocycles. The summed E-state index contributed by atoms with van der Waals surface area (Å²) in [5, 5.41) is 2.66. The lowest BCUT2D eigenvalue weighted by atomic mass is 10.2. The van der Waals surface area contributed by atoms with Crippen LogP contribution in [0.1, 0.15) is 6.42 Å². The quantitative estimate of drug-likeness (QED) is 0.786. The molecule has 0 radical (unpaired) electrons. The van der Waals surface area contributed by atoms with Crippen LogP contribution in [0.5, 0.6) is 5.75 Å². The van der Waals surface area contributed by atoms with Crippen molar-refractivity contribution in [3.63, 3.8) is 0 Å². The lowest BCUT2D eigenvalue weighted by Gasteiger charge is -2.36. The Morgan fingerprint density at radius 1 is 1.12 bits per heavy atom. The summed E-state index contributed by atoms with van der Waals surface area (Å²) in [6.45, 7) is 3.23. The van der Waals surface area contributed by atoms with Gasteiger partial charge in [0.15, 0.2) is 0 Å². The molecule has 0 aliphatic carbocycles. The van der Waals surface area contributed by atoms with Crippen LogP contribution in [0.2, 0.25) is 0 Å². The van der Waals surface area contributed by atoms with Crippen molar-refractivity contribution in [1.29, 1.82) is 0 Å². The number of piperazine rings is 1. The zero-order valence-corrected chi connectivity index (χ0v) is 14.3. The fraction of sp³-hybridized carbons (Fsp3) is 0.529. The molecule has 7 heteroatoms. The largest absolute Gasteiger partial charge is 0.495 e. The second-order valence-corrected chi connectivity index (χ2v) is 5.57. The summed E-state index contributed by atoms with van der Waals surface area (Å²) in [4.78, 5) is 27.6. The van der Waals surface area contributed by atoms with Gasteiger partial charge >= 0.3 is 0 Å². The molecule has 7 nitrogen and oxygen atoms in total. The smallest absolute Gasteiger partial charge is 0.245 e. The monoisotopic (exact) mass is 335 g/mol. The number of nitrogens with one attached hydrogen (secondary N) is 1. The lowest BCUT2D eigenvalue weighted by molar-refractivity contribution is -0.131. The molecule has 1 saturated heterocycles. The molecule has 1 heterocycles.